The summed E-state index contributed by atoms with van der Waals surface area (Å²) in [6.07, 6.45) is 2.18. The predicted octanol–water partition coefficient (Wildman–Crippen LogP) is 2.64. The summed E-state index contributed by atoms with van der Waals surface area (Å²) in [6, 6.07) is 1.71. The monoisotopic (exact) mass is 330 g/mol. The standard InChI is InChI=1S/C13H16F2N4O2S/c1-4-8(2)19-9(3)10(7-16-19)18-22(20,21)11-5-6-12(14)17-13(11)15/h5-8,18H,4H2,1-3H3. The molecule has 1 atom stereocenters. The van der Waals surface area contributed by atoms with E-state index in [4.69, 9.17) is 0 Å². The molecule has 2 rings (SSSR count). The van der Waals surface area contributed by atoms with Crippen LogP contribution >= 0.6 is 0 Å². The number of anilines is 1. The summed E-state index contributed by atoms with van der Waals surface area (Å²) in [5, 5.41) is 4.12. The van der Waals surface area contributed by atoms with Crippen LogP contribution in [0.3, 0.4) is 0 Å². The van der Waals surface area contributed by atoms with Crippen molar-refractivity contribution in [2.75, 3.05) is 4.72 Å². The molecule has 0 aromatic carbocycles. The van der Waals surface area contributed by atoms with Gasteiger partial charge < -0.3 is 0 Å². The van der Waals surface area contributed by atoms with Gasteiger partial charge in [-0.3, -0.25) is 9.40 Å². The van der Waals surface area contributed by atoms with Gasteiger partial charge in [0.1, 0.15) is 4.90 Å². The molecule has 0 bridgehead atoms. The SMILES string of the molecule is CCC(C)n1ncc(NS(=O)(=O)c2ccc(F)nc2F)c1C. The summed E-state index contributed by atoms with van der Waals surface area (Å²) in [7, 11) is -4.21. The van der Waals surface area contributed by atoms with Gasteiger partial charge in [0.2, 0.25) is 11.9 Å². The van der Waals surface area contributed by atoms with Gasteiger partial charge in [-0.1, -0.05) is 6.92 Å². The summed E-state index contributed by atoms with van der Waals surface area (Å²) in [6.45, 7) is 5.63. The Bertz CT molecular complexity index is 789. The second kappa shape index (κ2) is 5.99. The Labute approximate surface area is 127 Å². The molecule has 9 heteroatoms. The number of aromatic nitrogens is 3. The number of halogens is 2. The molecule has 0 saturated carbocycles. The lowest BCUT2D eigenvalue weighted by Gasteiger charge is -2.12. The van der Waals surface area contributed by atoms with E-state index in [1.54, 1.807) is 11.6 Å². The summed E-state index contributed by atoms with van der Waals surface area (Å²) in [5.74, 6) is -2.48. The topological polar surface area (TPSA) is 76.9 Å². The number of hydrogen-bond acceptors (Lipinski definition) is 4. The van der Waals surface area contributed by atoms with Crippen LogP contribution in [0.25, 0.3) is 0 Å². The van der Waals surface area contributed by atoms with Crippen LogP contribution in [0.1, 0.15) is 32.0 Å². The van der Waals surface area contributed by atoms with E-state index in [1.807, 2.05) is 13.8 Å². The van der Waals surface area contributed by atoms with E-state index in [0.29, 0.717) is 5.69 Å². The molecule has 0 aliphatic carbocycles. The molecule has 0 saturated heterocycles. The molecule has 0 fully saturated rings. The maximum Gasteiger partial charge on any atom is 0.266 e. The molecule has 1 unspecified atom stereocenters. The summed E-state index contributed by atoms with van der Waals surface area (Å²) in [5.41, 5.74) is 0.845. The first-order valence-corrected chi connectivity index (χ1v) is 8.13. The first-order chi connectivity index (χ1) is 10.3. The van der Waals surface area contributed by atoms with Crippen LogP contribution in [0, 0.1) is 18.8 Å². The molecule has 22 heavy (non-hydrogen) atoms. The number of rotatable bonds is 5. The lowest BCUT2D eigenvalue weighted by molar-refractivity contribution is 0.468. The van der Waals surface area contributed by atoms with E-state index in [9.17, 15) is 17.2 Å². The van der Waals surface area contributed by atoms with E-state index >= 15 is 0 Å². The van der Waals surface area contributed by atoms with Gasteiger partial charge in [0, 0.05) is 6.04 Å². The molecule has 0 aliphatic heterocycles. The van der Waals surface area contributed by atoms with Crippen LogP contribution < -0.4 is 4.72 Å². The van der Waals surface area contributed by atoms with Gasteiger partial charge in [-0.2, -0.15) is 18.9 Å². The van der Waals surface area contributed by atoms with E-state index < -0.39 is 26.8 Å². The number of nitrogens with one attached hydrogen (secondary N) is 1. The van der Waals surface area contributed by atoms with Crippen molar-refractivity contribution < 1.29 is 17.2 Å². The Hall–Kier alpha value is -2.03. The first kappa shape index (κ1) is 16.3. The molecule has 0 amide bonds. The van der Waals surface area contributed by atoms with Gasteiger partial charge in [0.15, 0.2) is 0 Å². The summed E-state index contributed by atoms with van der Waals surface area (Å²) < 4.78 is 54.6. The second-order valence-corrected chi connectivity index (χ2v) is 6.52. The Morgan fingerprint density at radius 1 is 1.36 bits per heavy atom. The normalized spacial score (nSPS) is 13.1. The van der Waals surface area contributed by atoms with Crippen molar-refractivity contribution in [3.05, 3.63) is 35.9 Å². The fourth-order valence-corrected chi connectivity index (χ4v) is 3.05. The van der Waals surface area contributed by atoms with Crippen LogP contribution in [0.2, 0.25) is 0 Å². The van der Waals surface area contributed by atoms with Crippen molar-refractivity contribution in [2.24, 2.45) is 0 Å². The molecule has 2 aromatic heterocycles. The van der Waals surface area contributed by atoms with Crippen molar-refractivity contribution >= 4 is 15.7 Å². The van der Waals surface area contributed by atoms with Crippen molar-refractivity contribution in [1.82, 2.24) is 14.8 Å². The number of sulfonamides is 1. The zero-order valence-corrected chi connectivity index (χ0v) is 13.2. The molecular weight excluding hydrogens is 314 g/mol. The molecule has 0 aliphatic rings. The zero-order valence-electron chi connectivity index (χ0n) is 12.3. The lowest BCUT2D eigenvalue weighted by atomic mass is 10.2. The quantitative estimate of drug-likeness (QED) is 0.855. The highest BCUT2D eigenvalue weighted by molar-refractivity contribution is 7.92. The summed E-state index contributed by atoms with van der Waals surface area (Å²) >= 11 is 0. The fourth-order valence-electron chi connectivity index (χ4n) is 1.94. The van der Waals surface area contributed by atoms with Crippen LogP contribution in [-0.4, -0.2) is 23.2 Å². The van der Waals surface area contributed by atoms with Gasteiger partial charge in [-0.25, -0.2) is 8.42 Å². The molecular formula is C13H16F2N4O2S. The number of nitrogens with zero attached hydrogens (tertiary/aromatic N) is 3. The highest BCUT2D eigenvalue weighted by atomic mass is 32.2. The molecule has 2 aromatic rings. The second-order valence-electron chi connectivity index (χ2n) is 4.87. The van der Waals surface area contributed by atoms with Gasteiger partial charge >= 0.3 is 0 Å². The largest absolute Gasteiger partial charge is 0.276 e. The van der Waals surface area contributed by atoms with E-state index in [0.717, 1.165) is 18.6 Å². The summed E-state index contributed by atoms with van der Waals surface area (Å²) in [4.78, 5) is 2.16. The predicted molar refractivity (Wildman–Crippen MR) is 76.9 cm³/mol. The van der Waals surface area contributed by atoms with E-state index in [-0.39, 0.29) is 11.7 Å². The highest BCUT2D eigenvalue weighted by Gasteiger charge is 2.23. The Balaban J connectivity index is 2.35. The molecule has 120 valence electrons. The average Bonchev–Trinajstić information content (AvgIpc) is 2.78. The van der Waals surface area contributed by atoms with Crippen molar-refractivity contribution in [3.63, 3.8) is 0 Å². The highest BCUT2D eigenvalue weighted by Crippen LogP contribution is 2.23. The van der Waals surface area contributed by atoms with Crippen LogP contribution in [-0.2, 0) is 10.0 Å². The van der Waals surface area contributed by atoms with Crippen molar-refractivity contribution in [1.29, 1.82) is 0 Å². The molecule has 6 nitrogen and oxygen atoms in total. The Kier molecular flexibility index (Phi) is 4.45. The third kappa shape index (κ3) is 3.08. The molecule has 1 N–H and O–H groups in total. The number of pyridine rings is 1. The van der Waals surface area contributed by atoms with Crippen LogP contribution in [0.5, 0.6) is 0 Å². The van der Waals surface area contributed by atoms with E-state index in [2.05, 4.69) is 14.8 Å². The third-order valence-corrected chi connectivity index (χ3v) is 4.74. The minimum Gasteiger partial charge on any atom is -0.276 e. The lowest BCUT2D eigenvalue weighted by Crippen LogP contribution is -2.16. The van der Waals surface area contributed by atoms with Crippen molar-refractivity contribution in [2.45, 2.75) is 38.1 Å². The third-order valence-electron chi connectivity index (χ3n) is 3.37. The maximum atomic E-state index is 13.5. The minimum atomic E-state index is -4.21. The smallest absolute Gasteiger partial charge is 0.266 e. The van der Waals surface area contributed by atoms with Gasteiger partial charge in [-0.05, 0) is 32.4 Å². The van der Waals surface area contributed by atoms with Gasteiger partial charge in [0.25, 0.3) is 10.0 Å². The van der Waals surface area contributed by atoms with Crippen molar-refractivity contribution in [3.8, 4) is 0 Å². The Morgan fingerprint density at radius 3 is 2.64 bits per heavy atom. The van der Waals surface area contributed by atoms with Gasteiger partial charge in [0.05, 0.1) is 17.6 Å². The molecule has 0 radical (unpaired) electrons. The van der Waals surface area contributed by atoms with Crippen LogP contribution in [0.4, 0.5) is 14.5 Å². The number of hydrogen-bond donors (Lipinski definition) is 1. The minimum absolute atomic E-state index is 0.0995. The fraction of sp³-hybridized carbons (Fsp3) is 0.385. The van der Waals surface area contributed by atoms with Crippen LogP contribution in [0.15, 0.2) is 23.2 Å². The maximum absolute atomic E-state index is 13.5. The van der Waals surface area contributed by atoms with E-state index in [1.165, 1.54) is 6.20 Å². The molecule has 2 heterocycles. The zero-order chi connectivity index (χ0) is 16.5. The molecule has 0 spiro atoms. The Morgan fingerprint density at radius 2 is 2.05 bits per heavy atom. The average molecular weight is 330 g/mol. The van der Waals surface area contributed by atoms with Gasteiger partial charge in [-0.15, -0.1) is 0 Å². The first-order valence-electron chi connectivity index (χ1n) is 6.65.